The van der Waals surface area contributed by atoms with Crippen molar-refractivity contribution < 1.29 is 4.74 Å². The largest absolute Gasteiger partial charge is 0.493 e. The molecule has 0 saturated carbocycles. The van der Waals surface area contributed by atoms with Gasteiger partial charge in [-0.15, -0.1) is 0 Å². The van der Waals surface area contributed by atoms with Crippen LogP contribution in [0.5, 0.6) is 5.75 Å². The van der Waals surface area contributed by atoms with Crippen LogP contribution in [0.3, 0.4) is 0 Å². The van der Waals surface area contributed by atoms with Crippen molar-refractivity contribution >= 4 is 10.9 Å². The van der Waals surface area contributed by atoms with E-state index in [0.29, 0.717) is 6.61 Å². The van der Waals surface area contributed by atoms with Crippen LogP contribution in [0.25, 0.3) is 10.9 Å². The number of aromatic nitrogens is 1. The van der Waals surface area contributed by atoms with Gasteiger partial charge in [0.1, 0.15) is 5.75 Å². The van der Waals surface area contributed by atoms with Gasteiger partial charge in [-0.1, -0.05) is 6.07 Å². The molecule has 0 unspecified atom stereocenters. The Hall–Kier alpha value is -1.44. The van der Waals surface area contributed by atoms with E-state index >= 15 is 0 Å². The number of hydrogen-bond acceptors (Lipinski definition) is 1. The third kappa shape index (κ3) is 1.05. The van der Waals surface area contributed by atoms with Crippen molar-refractivity contribution in [2.45, 2.75) is 6.92 Å². The number of H-pyrrole nitrogens is 1. The number of rotatable bonds is 2. The van der Waals surface area contributed by atoms with E-state index in [0.717, 1.165) is 16.7 Å². The fourth-order valence-electron chi connectivity index (χ4n) is 1.34. The Morgan fingerprint density at radius 3 is 3.08 bits per heavy atom. The zero-order valence-electron chi connectivity index (χ0n) is 7.00. The molecule has 0 amide bonds. The van der Waals surface area contributed by atoms with Crippen molar-refractivity contribution in [1.82, 2.24) is 4.98 Å². The van der Waals surface area contributed by atoms with Crippen LogP contribution in [0, 0.1) is 0 Å². The average Bonchev–Trinajstić information content (AvgIpc) is 2.53. The van der Waals surface area contributed by atoms with Gasteiger partial charge in [-0.2, -0.15) is 0 Å². The van der Waals surface area contributed by atoms with Gasteiger partial charge < -0.3 is 9.72 Å². The molecular formula is C10H11NO. The summed E-state index contributed by atoms with van der Waals surface area (Å²) in [5, 5.41) is 1.15. The van der Waals surface area contributed by atoms with E-state index in [9.17, 15) is 0 Å². The van der Waals surface area contributed by atoms with Crippen LogP contribution in [-0.2, 0) is 0 Å². The lowest BCUT2D eigenvalue weighted by molar-refractivity contribution is 0.344. The molecule has 2 heteroatoms. The van der Waals surface area contributed by atoms with E-state index in [1.165, 1.54) is 0 Å². The number of hydrogen-bond donors (Lipinski definition) is 1. The molecule has 0 aliphatic heterocycles. The minimum absolute atomic E-state index is 0.713. The molecule has 1 heterocycles. The molecular weight excluding hydrogens is 150 g/mol. The molecule has 2 aromatic rings. The summed E-state index contributed by atoms with van der Waals surface area (Å²) in [7, 11) is 0. The van der Waals surface area contributed by atoms with Crippen molar-refractivity contribution in [3.63, 3.8) is 0 Å². The van der Waals surface area contributed by atoms with Gasteiger partial charge >= 0.3 is 0 Å². The normalized spacial score (nSPS) is 10.4. The van der Waals surface area contributed by atoms with Crippen LogP contribution in [0.15, 0.2) is 30.5 Å². The van der Waals surface area contributed by atoms with Gasteiger partial charge in [0.25, 0.3) is 0 Å². The van der Waals surface area contributed by atoms with E-state index in [1.54, 1.807) is 0 Å². The van der Waals surface area contributed by atoms with Gasteiger partial charge in [-0.25, -0.2) is 0 Å². The minimum Gasteiger partial charge on any atom is -0.493 e. The first-order chi connectivity index (χ1) is 5.92. The standard InChI is InChI=1S/C10H11NO/c1-2-12-10-5-3-4-9-8(10)6-7-11-9/h3-7,11H,2H2,1H3. The molecule has 0 fully saturated rings. The fourth-order valence-corrected chi connectivity index (χ4v) is 1.34. The molecule has 0 aliphatic carbocycles. The molecule has 0 spiro atoms. The molecule has 62 valence electrons. The Labute approximate surface area is 71.2 Å². The van der Waals surface area contributed by atoms with Crippen molar-refractivity contribution in [3.05, 3.63) is 30.5 Å². The monoisotopic (exact) mass is 161 g/mol. The molecule has 0 radical (unpaired) electrons. The minimum atomic E-state index is 0.713. The predicted molar refractivity (Wildman–Crippen MR) is 49.5 cm³/mol. The van der Waals surface area contributed by atoms with E-state index < -0.39 is 0 Å². The average molecular weight is 161 g/mol. The summed E-state index contributed by atoms with van der Waals surface area (Å²) in [6.45, 7) is 2.70. The SMILES string of the molecule is CCOc1cccc2[nH]ccc12. The Morgan fingerprint density at radius 2 is 2.25 bits per heavy atom. The Balaban J connectivity index is 2.57. The molecule has 1 aromatic heterocycles. The summed E-state index contributed by atoms with van der Waals surface area (Å²) in [5.74, 6) is 0.955. The summed E-state index contributed by atoms with van der Waals surface area (Å²) in [6, 6.07) is 8.04. The number of ether oxygens (including phenoxy) is 1. The van der Waals surface area contributed by atoms with Crippen molar-refractivity contribution in [2.24, 2.45) is 0 Å². The first-order valence-electron chi connectivity index (χ1n) is 4.10. The lowest BCUT2D eigenvalue weighted by atomic mass is 10.2. The number of aromatic amines is 1. The van der Waals surface area contributed by atoms with E-state index in [4.69, 9.17) is 4.74 Å². The van der Waals surface area contributed by atoms with Gasteiger partial charge in [-0.05, 0) is 25.1 Å². The van der Waals surface area contributed by atoms with Gasteiger partial charge in [0, 0.05) is 17.1 Å². The summed E-state index contributed by atoms with van der Waals surface area (Å²) >= 11 is 0. The predicted octanol–water partition coefficient (Wildman–Crippen LogP) is 2.57. The fraction of sp³-hybridized carbons (Fsp3) is 0.200. The number of fused-ring (bicyclic) bond motifs is 1. The summed E-state index contributed by atoms with van der Waals surface area (Å²) < 4.78 is 5.46. The van der Waals surface area contributed by atoms with E-state index in [1.807, 2.05) is 37.4 Å². The smallest absolute Gasteiger partial charge is 0.128 e. The Morgan fingerprint density at radius 1 is 1.33 bits per heavy atom. The van der Waals surface area contributed by atoms with Crippen molar-refractivity contribution in [1.29, 1.82) is 0 Å². The maximum absolute atomic E-state index is 5.46. The Bertz CT molecular complexity index is 378. The molecule has 2 nitrogen and oxygen atoms in total. The van der Waals surface area contributed by atoms with Crippen LogP contribution in [0.2, 0.25) is 0 Å². The van der Waals surface area contributed by atoms with Crippen LogP contribution < -0.4 is 4.74 Å². The van der Waals surface area contributed by atoms with Crippen LogP contribution >= 0.6 is 0 Å². The zero-order chi connectivity index (χ0) is 8.39. The molecule has 1 aromatic carbocycles. The molecule has 12 heavy (non-hydrogen) atoms. The maximum Gasteiger partial charge on any atom is 0.128 e. The first-order valence-corrected chi connectivity index (χ1v) is 4.10. The summed E-state index contributed by atoms with van der Waals surface area (Å²) in [4.78, 5) is 3.14. The van der Waals surface area contributed by atoms with Crippen molar-refractivity contribution in [3.8, 4) is 5.75 Å². The third-order valence-corrected chi connectivity index (χ3v) is 1.85. The first kappa shape index (κ1) is 7.22. The van der Waals surface area contributed by atoms with Crippen LogP contribution in [0.4, 0.5) is 0 Å². The highest BCUT2D eigenvalue weighted by atomic mass is 16.5. The van der Waals surface area contributed by atoms with Crippen LogP contribution in [0.1, 0.15) is 6.92 Å². The number of nitrogens with one attached hydrogen (secondary N) is 1. The van der Waals surface area contributed by atoms with E-state index in [-0.39, 0.29) is 0 Å². The topological polar surface area (TPSA) is 25.0 Å². The zero-order valence-corrected chi connectivity index (χ0v) is 7.00. The molecule has 0 aliphatic rings. The second-order valence-corrected chi connectivity index (χ2v) is 2.63. The highest BCUT2D eigenvalue weighted by Gasteiger charge is 1.99. The lowest BCUT2D eigenvalue weighted by Gasteiger charge is -2.02. The third-order valence-electron chi connectivity index (χ3n) is 1.85. The quantitative estimate of drug-likeness (QED) is 0.719. The molecule has 1 N–H and O–H groups in total. The highest BCUT2D eigenvalue weighted by Crippen LogP contribution is 2.23. The molecule has 0 atom stereocenters. The van der Waals surface area contributed by atoms with Gasteiger partial charge in [-0.3, -0.25) is 0 Å². The summed E-state index contributed by atoms with van der Waals surface area (Å²) in [6.07, 6.45) is 1.92. The molecule has 0 bridgehead atoms. The number of benzene rings is 1. The van der Waals surface area contributed by atoms with Gasteiger partial charge in [0.15, 0.2) is 0 Å². The lowest BCUT2D eigenvalue weighted by Crippen LogP contribution is -1.90. The summed E-state index contributed by atoms with van der Waals surface area (Å²) in [5.41, 5.74) is 1.13. The second-order valence-electron chi connectivity index (χ2n) is 2.63. The molecule has 0 saturated heterocycles. The highest BCUT2D eigenvalue weighted by molar-refractivity contribution is 5.85. The molecule has 2 rings (SSSR count). The maximum atomic E-state index is 5.46. The van der Waals surface area contributed by atoms with Crippen LogP contribution in [-0.4, -0.2) is 11.6 Å². The second kappa shape index (κ2) is 2.89. The van der Waals surface area contributed by atoms with Crippen molar-refractivity contribution in [2.75, 3.05) is 6.61 Å². The Kier molecular flexibility index (Phi) is 1.74. The van der Waals surface area contributed by atoms with Gasteiger partial charge in [0.2, 0.25) is 0 Å². The van der Waals surface area contributed by atoms with Gasteiger partial charge in [0.05, 0.1) is 6.61 Å². The van der Waals surface area contributed by atoms with E-state index in [2.05, 4.69) is 4.98 Å².